The molecule has 0 bridgehead atoms. The van der Waals surface area contributed by atoms with Gasteiger partial charge in [-0.3, -0.25) is 9.89 Å². The molecule has 1 unspecified atom stereocenters. The number of nitrogens with zero attached hydrogens (tertiary/aromatic N) is 3. The molecule has 1 aliphatic heterocycles. The average molecular weight is 406 g/mol. The first-order valence-electron chi connectivity index (χ1n) is 10.7. The molecule has 0 saturated carbocycles. The van der Waals surface area contributed by atoms with Crippen LogP contribution in [0.4, 0.5) is 0 Å². The van der Waals surface area contributed by atoms with E-state index in [-0.39, 0.29) is 6.04 Å². The van der Waals surface area contributed by atoms with Gasteiger partial charge in [0.05, 0.1) is 19.8 Å². The maximum atomic E-state index is 5.63. The van der Waals surface area contributed by atoms with E-state index in [1.807, 2.05) is 19.2 Å². The summed E-state index contributed by atoms with van der Waals surface area (Å²) in [7, 11) is 7.44. The van der Waals surface area contributed by atoms with Crippen LogP contribution in [0.2, 0.25) is 0 Å². The van der Waals surface area contributed by atoms with Crippen LogP contribution in [0, 0.1) is 0 Å². The number of benzene rings is 1. The largest absolute Gasteiger partial charge is 0.496 e. The van der Waals surface area contributed by atoms with Gasteiger partial charge < -0.3 is 25.0 Å². The van der Waals surface area contributed by atoms with Gasteiger partial charge in [0.25, 0.3) is 0 Å². The van der Waals surface area contributed by atoms with E-state index in [1.165, 1.54) is 18.4 Å². The van der Waals surface area contributed by atoms with Crippen molar-refractivity contribution in [1.82, 2.24) is 20.4 Å². The van der Waals surface area contributed by atoms with Gasteiger partial charge in [-0.25, -0.2) is 0 Å². The SMILES string of the molecule is CN=C(NCCCN(C)CCOC)NCC(c1ccccc1OC)N1CCCC1. The van der Waals surface area contributed by atoms with Crippen LogP contribution in [0.1, 0.15) is 30.9 Å². The summed E-state index contributed by atoms with van der Waals surface area (Å²) in [6.07, 6.45) is 3.58. The Balaban J connectivity index is 1.87. The minimum Gasteiger partial charge on any atom is -0.496 e. The van der Waals surface area contributed by atoms with Crippen molar-refractivity contribution in [2.45, 2.75) is 25.3 Å². The van der Waals surface area contributed by atoms with Crippen molar-refractivity contribution in [3.8, 4) is 5.75 Å². The lowest BCUT2D eigenvalue weighted by Crippen LogP contribution is -2.43. The molecule has 1 saturated heterocycles. The van der Waals surface area contributed by atoms with E-state index in [2.05, 4.69) is 44.6 Å². The van der Waals surface area contributed by atoms with Gasteiger partial charge in [-0.1, -0.05) is 18.2 Å². The van der Waals surface area contributed by atoms with Crippen molar-refractivity contribution >= 4 is 5.96 Å². The fourth-order valence-corrected chi connectivity index (χ4v) is 3.76. The second kappa shape index (κ2) is 13.4. The van der Waals surface area contributed by atoms with Crippen LogP contribution in [0.25, 0.3) is 0 Å². The molecule has 0 amide bonds. The van der Waals surface area contributed by atoms with Crippen LogP contribution in [0.15, 0.2) is 29.3 Å². The zero-order valence-electron chi connectivity index (χ0n) is 18.6. The zero-order chi connectivity index (χ0) is 20.9. The topological polar surface area (TPSA) is 61.4 Å². The average Bonchev–Trinajstić information content (AvgIpc) is 3.28. The van der Waals surface area contributed by atoms with E-state index in [1.54, 1.807) is 14.2 Å². The van der Waals surface area contributed by atoms with Crippen molar-refractivity contribution < 1.29 is 9.47 Å². The number of para-hydroxylation sites is 1. The summed E-state index contributed by atoms with van der Waals surface area (Å²) >= 11 is 0. The molecular formula is C22H39N5O2. The van der Waals surface area contributed by atoms with Crippen molar-refractivity contribution in [3.05, 3.63) is 29.8 Å². The second-order valence-electron chi connectivity index (χ2n) is 7.53. The van der Waals surface area contributed by atoms with Gasteiger partial charge in [0, 0.05) is 39.4 Å². The Morgan fingerprint density at radius 3 is 2.62 bits per heavy atom. The van der Waals surface area contributed by atoms with Crippen LogP contribution in [-0.2, 0) is 4.74 Å². The highest BCUT2D eigenvalue weighted by Crippen LogP contribution is 2.31. The summed E-state index contributed by atoms with van der Waals surface area (Å²) in [6, 6.07) is 8.61. The standard InChI is InChI=1S/C22H39N5O2/c1-23-22(24-12-9-13-26(2)16-17-28-3)25-18-20(27-14-7-8-15-27)19-10-5-6-11-21(19)29-4/h5-6,10-11,20H,7-9,12-18H2,1-4H3,(H2,23,24,25). The monoisotopic (exact) mass is 405 g/mol. The highest BCUT2D eigenvalue weighted by molar-refractivity contribution is 5.79. The van der Waals surface area contributed by atoms with Crippen LogP contribution in [-0.4, -0.2) is 89.9 Å². The summed E-state index contributed by atoms with van der Waals surface area (Å²) in [5.74, 6) is 1.80. The fraction of sp³-hybridized carbons (Fsp3) is 0.682. The van der Waals surface area contributed by atoms with Gasteiger partial charge in [-0.05, 0) is 52.0 Å². The predicted octanol–water partition coefficient (Wildman–Crippen LogP) is 1.97. The van der Waals surface area contributed by atoms with Gasteiger partial charge in [0.2, 0.25) is 0 Å². The van der Waals surface area contributed by atoms with Gasteiger partial charge in [0.15, 0.2) is 5.96 Å². The quantitative estimate of drug-likeness (QED) is 0.315. The summed E-state index contributed by atoms with van der Waals surface area (Å²) in [6.45, 7) is 6.71. The third-order valence-corrected chi connectivity index (χ3v) is 5.45. The van der Waals surface area contributed by atoms with Crippen LogP contribution in [0.5, 0.6) is 5.75 Å². The minimum atomic E-state index is 0.271. The molecule has 0 aliphatic carbocycles. The van der Waals surface area contributed by atoms with E-state index in [9.17, 15) is 0 Å². The third-order valence-electron chi connectivity index (χ3n) is 5.45. The predicted molar refractivity (Wildman–Crippen MR) is 120 cm³/mol. The molecule has 164 valence electrons. The Morgan fingerprint density at radius 1 is 1.17 bits per heavy atom. The number of guanidine groups is 1. The van der Waals surface area contributed by atoms with Crippen LogP contribution < -0.4 is 15.4 Å². The molecule has 2 rings (SSSR count). The number of aliphatic imine (C=N–C) groups is 1. The smallest absolute Gasteiger partial charge is 0.191 e. The summed E-state index contributed by atoms with van der Waals surface area (Å²) in [5.41, 5.74) is 1.24. The van der Waals surface area contributed by atoms with E-state index in [0.29, 0.717) is 0 Å². The first-order chi connectivity index (χ1) is 14.2. The zero-order valence-corrected chi connectivity index (χ0v) is 18.6. The van der Waals surface area contributed by atoms with E-state index >= 15 is 0 Å². The van der Waals surface area contributed by atoms with E-state index in [4.69, 9.17) is 9.47 Å². The number of nitrogens with one attached hydrogen (secondary N) is 2. The molecule has 7 heteroatoms. The maximum absolute atomic E-state index is 5.63. The van der Waals surface area contributed by atoms with Gasteiger partial charge in [-0.15, -0.1) is 0 Å². The molecule has 29 heavy (non-hydrogen) atoms. The van der Waals surface area contributed by atoms with Gasteiger partial charge in [0.1, 0.15) is 5.75 Å². The fourth-order valence-electron chi connectivity index (χ4n) is 3.76. The Hall–Kier alpha value is -1.83. The lowest BCUT2D eigenvalue weighted by molar-refractivity contribution is 0.161. The number of hydrogen-bond donors (Lipinski definition) is 2. The normalized spacial score (nSPS) is 16.2. The summed E-state index contributed by atoms with van der Waals surface area (Å²) < 4.78 is 10.8. The lowest BCUT2D eigenvalue weighted by atomic mass is 10.0. The molecule has 1 atom stereocenters. The van der Waals surface area contributed by atoms with E-state index in [0.717, 1.165) is 64.0 Å². The molecule has 1 aromatic rings. The summed E-state index contributed by atoms with van der Waals surface area (Å²) in [5, 5.41) is 6.96. The minimum absolute atomic E-state index is 0.271. The molecule has 1 aromatic carbocycles. The molecular weight excluding hydrogens is 366 g/mol. The van der Waals surface area contributed by atoms with Gasteiger partial charge >= 0.3 is 0 Å². The van der Waals surface area contributed by atoms with Gasteiger partial charge in [-0.2, -0.15) is 0 Å². The van der Waals surface area contributed by atoms with Crippen molar-refractivity contribution in [1.29, 1.82) is 0 Å². The van der Waals surface area contributed by atoms with Crippen molar-refractivity contribution in [3.63, 3.8) is 0 Å². The number of likely N-dealkylation sites (tertiary alicyclic amines) is 1. The summed E-state index contributed by atoms with van der Waals surface area (Å²) in [4.78, 5) is 9.23. The molecule has 1 heterocycles. The molecule has 1 aliphatic rings. The first kappa shape index (κ1) is 23.4. The molecule has 1 fully saturated rings. The van der Waals surface area contributed by atoms with E-state index < -0.39 is 0 Å². The number of likely N-dealkylation sites (N-methyl/N-ethyl adjacent to an activating group) is 1. The van der Waals surface area contributed by atoms with Crippen LogP contribution >= 0.6 is 0 Å². The highest BCUT2D eigenvalue weighted by atomic mass is 16.5. The number of ether oxygens (including phenoxy) is 2. The third kappa shape index (κ3) is 7.84. The Bertz CT molecular complexity index is 605. The van der Waals surface area contributed by atoms with Crippen molar-refractivity contribution in [2.24, 2.45) is 4.99 Å². The molecule has 7 nitrogen and oxygen atoms in total. The molecule has 0 spiro atoms. The Labute approximate surface area is 176 Å². The number of rotatable bonds is 12. The maximum Gasteiger partial charge on any atom is 0.191 e. The first-order valence-corrected chi connectivity index (χ1v) is 10.7. The Kier molecular flexibility index (Phi) is 10.8. The molecule has 0 radical (unpaired) electrons. The van der Waals surface area contributed by atoms with Crippen LogP contribution in [0.3, 0.4) is 0 Å². The Morgan fingerprint density at radius 2 is 1.93 bits per heavy atom. The molecule has 0 aromatic heterocycles. The second-order valence-corrected chi connectivity index (χ2v) is 7.53. The van der Waals surface area contributed by atoms with Crippen molar-refractivity contribution in [2.75, 3.05) is 74.2 Å². The molecule has 2 N–H and O–H groups in total. The lowest BCUT2D eigenvalue weighted by Gasteiger charge is -2.30. The number of methoxy groups -OCH3 is 2. The highest BCUT2D eigenvalue weighted by Gasteiger charge is 2.25. The number of hydrogen-bond acceptors (Lipinski definition) is 5.